The largest absolute Gasteiger partial charge is 0.416 e. The lowest BCUT2D eigenvalue weighted by Crippen LogP contribution is -2.12. The first-order valence-corrected chi connectivity index (χ1v) is 9.02. The van der Waals surface area contributed by atoms with Crippen molar-refractivity contribution in [3.05, 3.63) is 59.7 Å². The molecule has 2 aromatic carbocycles. The number of hydrogen-bond acceptors (Lipinski definition) is 4. The number of rotatable bonds is 6. The zero-order valence-corrected chi connectivity index (χ0v) is 13.9. The summed E-state index contributed by atoms with van der Waals surface area (Å²) in [5.41, 5.74) is -0.797. The highest BCUT2D eigenvalue weighted by molar-refractivity contribution is 7.91. The van der Waals surface area contributed by atoms with E-state index in [2.05, 4.69) is 5.32 Å². The lowest BCUT2D eigenvalue weighted by atomic mass is 10.1. The van der Waals surface area contributed by atoms with E-state index in [1.54, 1.807) is 24.3 Å². The molecule has 132 valence electrons. The molecular weight excluding hydrogens is 353 g/mol. The number of nitrogens with zero attached hydrogens (tertiary/aromatic N) is 1. The van der Waals surface area contributed by atoms with Crippen LogP contribution in [0.5, 0.6) is 0 Å². The highest BCUT2D eigenvalue weighted by atomic mass is 32.2. The Morgan fingerprint density at radius 1 is 1.08 bits per heavy atom. The monoisotopic (exact) mass is 368 g/mol. The number of nitrogens with one attached hydrogen (secondary N) is 1. The van der Waals surface area contributed by atoms with Crippen LogP contribution in [-0.2, 0) is 16.0 Å². The van der Waals surface area contributed by atoms with E-state index in [4.69, 9.17) is 5.26 Å². The maximum absolute atomic E-state index is 12.6. The average Bonchev–Trinajstić information content (AvgIpc) is 2.58. The van der Waals surface area contributed by atoms with Gasteiger partial charge < -0.3 is 5.32 Å². The number of sulfone groups is 1. The topological polar surface area (TPSA) is 70.0 Å². The van der Waals surface area contributed by atoms with Crippen LogP contribution in [0, 0.1) is 11.3 Å². The number of hydrogen-bond donors (Lipinski definition) is 1. The van der Waals surface area contributed by atoms with E-state index in [9.17, 15) is 21.6 Å². The lowest BCUT2D eigenvalue weighted by Gasteiger charge is -2.11. The van der Waals surface area contributed by atoms with E-state index in [1.807, 2.05) is 0 Å². The molecule has 0 spiro atoms. The molecule has 0 atom stereocenters. The van der Waals surface area contributed by atoms with Gasteiger partial charge in [-0.15, -0.1) is 0 Å². The Morgan fingerprint density at radius 2 is 1.76 bits per heavy atom. The summed E-state index contributed by atoms with van der Waals surface area (Å²) in [5.74, 6) is -0.105. The Labute approximate surface area is 143 Å². The number of nitriles is 1. The van der Waals surface area contributed by atoms with Crippen molar-refractivity contribution in [1.82, 2.24) is 0 Å². The Morgan fingerprint density at radius 3 is 2.36 bits per heavy atom. The summed E-state index contributed by atoms with van der Waals surface area (Å²) in [6.45, 7) is 0.214. The Balaban J connectivity index is 1.97. The molecule has 0 heterocycles. The zero-order valence-electron chi connectivity index (χ0n) is 13.0. The number of halogens is 3. The summed E-state index contributed by atoms with van der Waals surface area (Å²) in [6.07, 6.45) is -4.27. The highest BCUT2D eigenvalue weighted by Crippen LogP contribution is 2.31. The van der Waals surface area contributed by atoms with Crippen LogP contribution in [0.3, 0.4) is 0 Å². The van der Waals surface area contributed by atoms with E-state index in [-0.39, 0.29) is 34.9 Å². The molecule has 0 saturated carbocycles. The summed E-state index contributed by atoms with van der Waals surface area (Å²) >= 11 is 0. The van der Waals surface area contributed by atoms with Crippen LogP contribution in [0.25, 0.3) is 0 Å². The molecule has 8 heteroatoms. The third kappa shape index (κ3) is 4.97. The quantitative estimate of drug-likeness (QED) is 0.786. The summed E-state index contributed by atoms with van der Waals surface area (Å²) in [5, 5.41) is 11.8. The fourth-order valence-corrected chi connectivity index (χ4v) is 3.53. The van der Waals surface area contributed by atoms with E-state index in [0.29, 0.717) is 0 Å². The molecule has 1 N–H and O–H groups in total. The second-order valence-electron chi connectivity index (χ2n) is 5.28. The summed E-state index contributed by atoms with van der Waals surface area (Å²) in [6, 6.07) is 12.5. The van der Waals surface area contributed by atoms with Crippen molar-refractivity contribution in [1.29, 1.82) is 5.26 Å². The first kappa shape index (κ1) is 18.8. The summed E-state index contributed by atoms with van der Waals surface area (Å²) in [4.78, 5) is 0.224. The van der Waals surface area contributed by atoms with Crippen LogP contribution in [-0.4, -0.2) is 20.7 Å². The predicted octanol–water partition coefficient (Wildman–Crippen LogP) is 3.85. The minimum atomic E-state index is -4.52. The lowest BCUT2D eigenvalue weighted by molar-refractivity contribution is -0.137. The van der Waals surface area contributed by atoms with Gasteiger partial charge >= 0.3 is 6.18 Å². The number of anilines is 1. The van der Waals surface area contributed by atoms with Gasteiger partial charge in [-0.2, -0.15) is 18.4 Å². The Bertz CT molecular complexity index is 873. The van der Waals surface area contributed by atoms with Gasteiger partial charge in [0, 0.05) is 6.54 Å². The van der Waals surface area contributed by atoms with Gasteiger partial charge in [0.05, 0.1) is 27.5 Å². The first-order valence-electron chi connectivity index (χ1n) is 7.37. The molecule has 0 bridgehead atoms. The molecule has 2 aromatic rings. The highest BCUT2D eigenvalue weighted by Gasteiger charge is 2.31. The van der Waals surface area contributed by atoms with Gasteiger partial charge in [-0.3, -0.25) is 0 Å². The Hall–Kier alpha value is -2.53. The third-order valence-corrected chi connectivity index (χ3v) is 5.29. The van der Waals surface area contributed by atoms with Crippen molar-refractivity contribution < 1.29 is 21.6 Å². The van der Waals surface area contributed by atoms with Crippen LogP contribution in [0.15, 0.2) is 53.4 Å². The van der Waals surface area contributed by atoms with Crippen LogP contribution < -0.4 is 5.32 Å². The van der Waals surface area contributed by atoms with Gasteiger partial charge in [-0.1, -0.05) is 18.2 Å². The van der Waals surface area contributed by atoms with E-state index < -0.39 is 21.6 Å². The molecule has 0 amide bonds. The molecule has 0 radical (unpaired) electrons. The number of benzene rings is 2. The molecule has 0 aliphatic carbocycles. The maximum Gasteiger partial charge on any atom is 0.416 e. The van der Waals surface area contributed by atoms with Crippen molar-refractivity contribution in [2.24, 2.45) is 0 Å². The molecule has 0 aliphatic heterocycles. The molecule has 2 rings (SSSR count). The molecule has 0 aliphatic rings. The Kier molecular flexibility index (Phi) is 5.69. The van der Waals surface area contributed by atoms with E-state index in [1.165, 1.54) is 18.2 Å². The van der Waals surface area contributed by atoms with Crippen molar-refractivity contribution in [2.75, 3.05) is 17.6 Å². The van der Waals surface area contributed by atoms with Crippen LogP contribution >= 0.6 is 0 Å². The van der Waals surface area contributed by atoms with Crippen molar-refractivity contribution in [3.63, 3.8) is 0 Å². The summed E-state index contributed by atoms with van der Waals surface area (Å²) < 4.78 is 62.1. The van der Waals surface area contributed by atoms with Gasteiger partial charge in [-0.25, -0.2) is 8.42 Å². The van der Waals surface area contributed by atoms with Gasteiger partial charge in [0.2, 0.25) is 0 Å². The van der Waals surface area contributed by atoms with Crippen molar-refractivity contribution in [3.8, 4) is 6.07 Å². The fraction of sp³-hybridized carbons (Fsp3) is 0.235. The molecule has 0 saturated heterocycles. The predicted molar refractivity (Wildman–Crippen MR) is 87.8 cm³/mol. The number of alkyl halides is 3. The van der Waals surface area contributed by atoms with Crippen LogP contribution in [0.1, 0.15) is 17.5 Å². The second-order valence-corrected chi connectivity index (χ2v) is 7.39. The van der Waals surface area contributed by atoms with Crippen LogP contribution in [0.4, 0.5) is 18.9 Å². The molecule has 0 unspecified atom stereocenters. The smallest absolute Gasteiger partial charge is 0.384 e. The van der Waals surface area contributed by atoms with Crippen LogP contribution in [0.2, 0.25) is 0 Å². The fourth-order valence-electron chi connectivity index (χ4n) is 2.20. The summed E-state index contributed by atoms with van der Waals surface area (Å²) in [7, 11) is -3.41. The first-order chi connectivity index (χ1) is 11.7. The molecule has 0 fully saturated rings. The van der Waals surface area contributed by atoms with Gasteiger partial charge in [-0.05, 0) is 36.8 Å². The van der Waals surface area contributed by atoms with Crippen molar-refractivity contribution in [2.45, 2.75) is 17.5 Å². The van der Waals surface area contributed by atoms with Crippen molar-refractivity contribution >= 4 is 15.5 Å². The molecule has 25 heavy (non-hydrogen) atoms. The normalized spacial score (nSPS) is 11.8. The van der Waals surface area contributed by atoms with Gasteiger partial charge in [0.25, 0.3) is 0 Å². The SMILES string of the molecule is N#Cc1cc(C(F)(F)F)ccc1NCCCS(=O)(=O)c1ccccc1. The minimum Gasteiger partial charge on any atom is -0.384 e. The molecule has 0 aromatic heterocycles. The molecular formula is C17H15F3N2O2S. The van der Waals surface area contributed by atoms with Gasteiger partial charge in [0.15, 0.2) is 9.84 Å². The van der Waals surface area contributed by atoms with Gasteiger partial charge in [0.1, 0.15) is 6.07 Å². The second kappa shape index (κ2) is 7.57. The standard InChI is InChI=1S/C17H15F3N2O2S/c18-17(19,20)14-7-8-16(13(11-14)12-21)22-9-4-10-25(23,24)15-5-2-1-3-6-15/h1-3,5-8,11,22H,4,9-10H2. The average molecular weight is 368 g/mol. The zero-order chi connectivity index (χ0) is 18.5. The van der Waals surface area contributed by atoms with E-state index >= 15 is 0 Å². The maximum atomic E-state index is 12.6. The third-order valence-electron chi connectivity index (χ3n) is 3.47. The van der Waals surface area contributed by atoms with E-state index in [0.717, 1.165) is 12.1 Å². The minimum absolute atomic E-state index is 0.105. The molecule has 4 nitrogen and oxygen atoms in total.